The molecule has 3 aromatic carbocycles. The highest BCUT2D eigenvalue weighted by Crippen LogP contribution is 2.41. The van der Waals surface area contributed by atoms with Gasteiger partial charge >= 0.3 is 11.8 Å². The van der Waals surface area contributed by atoms with E-state index in [2.05, 4.69) is 32.7 Å². The number of aryl methyl sites for hydroxylation is 1. The highest BCUT2D eigenvalue weighted by atomic mass is 19.3. The molecule has 3 amide bonds. The average molecular weight is 821 g/mol. The van der Waals surface area contributed by atoms with E-state index in [1.807, 2.05) is 66.4 Å². The second-order valence-corrected chi connectivity index (χ2v) is 15.9. The number of aliphatic hydroxyl groups excluding tert-OH is 1. The number of carbonyl (C=O) groups excluding carboxylic acids is 3. The molecule has 59 heavy (non-hydrogen) atoms. The molecule has 1 atom stereocenters. The Bertz CT molecular complexity index is 2080. The molecular weight excluding hydrogens is 769 g/mol. The van der Waals surface area contributed by atoms with Crippen LogP contribution in [0.5, 0.6) is 0 Å². The van der Waals surface area contributed by atoms with Gasteiger partial charge in [-0.2, -0.15) is 22.7 Å². The summed E-state index contributed by atoms with van der Waals surface area (Å²) in [6, 6.07) is 18.5. The van der Waals surface area contributed by atoms with Crippen LogP contribution in [-0.4, -0.2) is 106 Å². The van der Waals surface area contributed by atoms with Crippen molar-refractivity contribution in [3.63, 3.8) is 0 Å². The van der Waals surface area contributed by atoms with Crippen LogP contribution in [0, 0.1) is 18.8 Å². The number of hydrogen-bond acceptors (Lipinski definition) is 8. The molecular formula is C43H52F4N8O4. The molecule has 0 unspecified atom stereocenters. The van der Waals surface area contributed by atoms with Crippen LogP contribution < -0.4 is 16.4 Å². The summed E-state index contributed by atoms with van der Waals surface area (Å²) in [6.07, 6.45) is 5.06. The second kappa shape index (κ2) is 18.4. The first-order valence-corrected chi connectivity index (χ1v) is 20.0. The summed E-state index contributed by atoms with van der Waals surface area (Å²) in [5.74, 6) is -11.8. The molecule has 316 valence electrons. The first-order chi connectivity index (χ1) is 28.1. The highest BCUT2D eigenvalue weighted by molar-refractivity contribution is 5.98. The minimum atomic E-state index is -4.79. The Hall–Kier alpha value is -5.19. The van der Waals surface area contributed by atoms with Crippen molar-refractivity contribution in [1.29, 1.82) is 0 Å². The van der Waals surface area contributed by atoms with Gasteiger partial charge < -0.3 is 31.3 Å². The molecule has 6 N–H and O–H groups in total. The number of likely N-dealkylation sites (tertiary alicyclic amines) is 1. The fraction of sp³-hybridized carbons (Fsp3) is 0.465. The predicted molar refractivity (Wildman–Crippen MR) is 216 cm³/mol. The molecule has 4 aromatic rings. The number of alkyl halides is 4. The Labute approximate surface area is 341 Å². The molecule has 12 nitrogen and oxygen atoms in total. The van der Waals surface area contributed by atoms with Gasteiger partial charge in [0.15, 0.2) is 5.82 Å². The van der Waals surface area contributed by atoms with E-state index in [0.29, 0.717) is 36.6 Å². The molecule has 0 bridgehead atoms. The first kappa shape index (κ1) is 43.4. The van der Waals surface area contributed by atoms with Gasteiger partial charge in [0.05, 0.1) is 0 Å². The van der Waals surface area contributed by atoms with Gasteiger partial charge in [0.2, 0.25) is 17.6 Å². The summed E-state index contributed by atoms with van der Waals surface area (Å²) >= 11 is 0. The fourth-order valence-electron chi connectivity index (χ4n) is 7.82. The monoisotopic (exact) mass is 820 g/mol. The number of halogens is 4. The van der Waals surface area contributed by atoms with E-state index in [0.717, 1.165) is 61.0 Å². The lowest BCUT2D eigenvalue weighted by atomic mass is 9.81. The lowest BCUT2D eigenvalue weighted by Crippen LogP contribution is -2.48. The fourth-order valence-corrected chi connectivity index (χ4v) is 7.82. The Morgan fingerprint density at radius 2 is 1.59 bits per heavy atom. The van der Waals surface area contributed by atoms with Crippen molar-refractivity contribution in [3.8, 4) is 22.5 Å². The zero-order valence-corrected chi connectivity index (χ0v) is 33.5. The van der Waals surface area contributed by atoms with Gasteiger partial charge in [0, 0.05) is 42.2 Å². The number of hydrogen-bond donors (Lipinski definition) is 5. The van der Waals surface area contributed by atoms with Crippen molar-refractivity contribution >= 4 is 23.4 Å². The smallest absolute Gasteiger partial charge is 0.370 e. The number of rotatable bonds is 14. The van der Waals surface area contributed by atoms with Crippen LogP contribution in [0.1, 0.15) is 65.8 Å². The quantitative estimate of drug-likeness (QED) is 0.100. The minimum Gasteiger partial charge on any atom is -0.390 e. The maximum Gasteiger partial charge on any atom is 0.370 e. The molecule has 1 saturated heterocycles. The zero-order chi connectivity index (χ0) is 42.5. The van der Waals surface area contributed by atoms with Crippen LogP contribution in [-0.2, 0) is 21.9 Å². The number of aromatic nitrogens is 3. The van der Waals surface area contributed by atoms with Crippen molar-refractivity contribution in [2.45, 2.75) is 75.8 Å². The number of benzene rings is 3. The Kier molecular flexibility index (Phi) is 13.5. The summed E-state index contributed by atoms with van der Waals surface area (Å²) in [7, 11) is 3.97. The lowest BCUT2D eigenvalue weighted by molar-refractivity contribution is -0.236. The van der Waals surface area contributed by atoms with Crippen molar-refractivity contribution < 1.29 is 37.1 Å². The van der Waals surface area contributed by atoms with E-state index in [1.54, 1.807) is 0 Å². The van der Waals surface area contributed by atoms with Crippen LogP contribution in [0.4, 0.5) is 23.2 Å². The third kappa shape index (κ3) is 9.99. The number of nitrogens with one attached hydrogen (secondary N) is 3. The van der Waals surface area contributed by atoms with Gasteiger partial charge in [-0.25, -0.2) is 4.98 Å². The standard InChI is InChI=1S/C43H52F4N8O4/c1-26-22-32(40(59)55(3)34-18-20-54(2)21-19-34)14-17-35(26)29-8-4-27(5-9-29)23-36(50-38(57)31-10-6-28(24-48)7-11-31)39(58)49-33-15-12-30(13-16-33)37-51-41(53-52-37)43(46,47)42(44,45)25-56/h4-5,8-9,12-17,22,28,31,34,36,56H,6-7,10-11,18-21,23-25,48H2,1-3H3,(H,49,58)(H,50,57)(H,51,52,53)/t28?,31?,36-/m0/s1. The zero-order valence-electron chi connectivity index (χ0n) is 33.5. The van der Waals surface area contributed by atoms with E-state index >= 15 is 0 Å². The first-order valence-electron chi connectivity index (χ1n) is 20.0. The number of aromatic amines is 1. The van der Waals surface area contributed by atoms with Gasteiger partial charge in [-0.05, 0) is 137 Å². The molecule has 1 saturated carbocycles. The topological polar surface area (TPSA) is 170 Å². The summed E-state index contributed by atoms with van der Waals surface area (Å²) in [5, 5.41) is 20.0. The van der Waals surface area contributed by atoms with E-state index < -0.39 is 36.2 Å². The number of nitrogens with zero attached hydrogens (tertiary/aromatic N) is 4. The maximum atomic E-state index is 14.2. The molecule has 16 heteroatoms. The molecule has 2 aliphatic rings. The molecule has 2 heterocycles. The number of aliphatic hydroxyl groups is 1. The van der Waals surface area contributed by atoms with E-state index in [4.69, 9.17) is 10.8 Å². The van der Waals surface area contributed by atoms with Crippen LogP contribution in [0.15, 0.2) is 66.7 Å². The molecule has 1 aromatic heterocycles. The van der Waals surface area contributed by atoms with Crippen LogP contribution >= 0.6 is 0 Å². The molecule has 2 fully saturated rings. The lowest BCUT2D eigenvalue weighted by Gasteiger charge is -2.35. The van der Waals surface area contributed by atoms with Crippen LogP contribution in [0.2, 0.25) is 0 Å². The maximum absolute atomic E-state index is 14.2. The van der Waals surface area contributed by atoms with Gasteiger partial charge in [-0.1, -0.05) is 30.3 Å². The van der Waals surface area contributed by atoms with Crippen LogP contribution in [0.25, 0.3) is 22.5 Å². The number of nitrogens with two attached hydrogens (primary N) is 1. The third-order valence-corrected chi connectivity index (χ3v) is 11.8. The van der Waals surface area contributed by atoms with Gasteiger partial charge in [0.25, 0.3) is 5.91 Å². The molecule has 0 spiro atoms. The normalized spacial score (nSPS) is 18.6. The van der Waals surface area contributed by atoms with Gasteiger partial charge in [-0.3, -0.25) is 19.5 Å². The third-order valence-electron chi connectivity index (χ3n) is 11.8. The number of anilines is 1. The van der Waals surface area contributed by atoms with Gasteiger partial charge in [0.1, 0.15) is 12.6 Å². The molecule has 6 rings (SSSR count). The number of carbonyl (C=O) groups is 3. The van der Waals surface area contributed by atoms with Crippen LogP contribution in [0.3, 0.4) is 0 Å². The Morgan fingerprint density at radius 1 is 0.949 bits per heavy atom. The molecule has 1 aliphatic carbocycles. The van der Waals surface area contributed by atoms with Crippen molar-refractivity contribution in [2.24, 2.45) is 17.6 Å². The predicted octanol–water partition coefficient (Wildman–Crippen LogP) is 5.76. The largest absolute Gasteiger partial charge is 0.390 e. The summed E-state index contributed by atoms with van der Waals surface area (Å²) in [6.45, 7) is 2.38. The summed E-state index contributed by atoms with van der Waals surface area (Å²) in [4.78, 5) is 48.4. The van der Waals surface area contributed by atoms with Gasteiger partial charge in [-0.15, -0.1) is 0 Å². The SMILES string of the molecule is Cc1cc(C(=O)N(C)C2CCN(C)CC2)ccc1-c1ccc(C[C@H](NC(=O)C2CCC(CN)CC2)C(=O)Nc2ccc(-c3n[nH]c(C(F)(F)C(F)(F)CO)n3)cc2)cc1. The van der Waals surface area contributed by atoms with E-state index in [-0.39, 0.29) is 41.6 Å². The molecule has 1 aliphatic heterocycles. The van der Waals surface area contributed by atoms with Crippen molar-refractivity contribution in [2.75, 3.05) is 45.7 Å². The molecule has 0 radical (unpaired) electrons. The Morgan fingerprint density at radius 3 is 2.20 bits per heavy atom. The highest BCUT2D eigenvalue weighted by Gasteiger charge is 2.59. The second-order valence-electron chi connectivity index (χ2n) is 15.9. The van der Waals surface area contributed by atoms with E-state index in [9.17, 15) is 31.9 Å². The van der Waals surface area contributed by atoms with Crippen molar-refractivity contribution in [1.82, 2.24) is 30.3 Å². The number of piperidine rings is 1. The average Bonchev–Trinajstić information content (AvgIpc) is 3.75. The van der Waals surface area contributed by atoms with Crippen molar-refractivity contribution in [3.05, 3.63) is 89.2 Å². The Balaban J connectivity index is 1.15. The summed E-state index contributed by atoms with van der Waals surface area (Å²) in [5.41, 5.74) is 10.7. The number of amides is 3. The minimum absolute atomic E-state index is 0.0000903. The van der Waals surface area contributed by atoms with E-state index in [1.165, 1.54) is 24.3 Å². The number of H-pyrrole nitrogens is 1. The summed E-state index contributed by atoms with van der Waals surface area (Å²) < 4.78 is 55.8.